The van der Waals surface area contributed by atoms with E-state index in [1.54, 1.807) is 13.3 Å². The van der Waals surface area contributed by atoms with E-state index in [9.17, 15) is 4.79 Å². The van der Waals surface area contributed by atoms with E-state index in [0.29, 0.717) is 30.6 Å². The molecule has 1 aliphatic heterocycles. The predicted molar refractivity (Wildman–Crippen MR) is 115 cm³/mol. The van der Waals surface area contributed by atoms with Gasteiger partial charge in [0.1, 0.15) is 11.4 Å². The number of likely N-dealkylation sites (tertiary alicyclic amines) is 1. The number of aromatic amines is 1. The molecule has 1 unspecified atom stereocenters. The van der Waals surface area contributed by atoms with Crippen molar-refractivity contribution >= 4 is 16.8 Å². The fourth-order valence-corrected chi connectivity index (χ4v) is 4.06. The Morgan fingerprint density at radius 2 is 2.16 bits per heavy atom. The number of nitrogens with zero attached hydrogens (tertiary/aromatic N) is 4. The maximum atomic E-state index is 13.2. The van der Waals surface area contributed by atoms with Crippen LogP contribution in [-0.2, 0) is 0 Å². The molecule has 31 heavy (non-hydrogen) atoms. The van der Waals surface area contributed by atoms with Gasteiger partial charge in [0.15, 0.2) is 0 Å². The highest BCUT2D eigenvalue weighted by atomic mass is 16.5. The summed E-state index contributed by atoms with van der Waals surface area (Å²) in [5, 5.41) is 9.34. The number of carbonyl (C=O) groups is 1. The molecule has 0 radical (unpaired) electrons. The van der Waals surface area contributed by atoms with Crippen LogP contribution < -0.4 is 4.74 Å². The number of piperidine rings is 1. The molecule has 4 heterocycles. The van der Waals surface area contributed by atoms with Crippen molar-refractivity contribution in [3.63, 3.8) is 0 Å². The molecular weight excluding hydrogens is 394 g/mol. The molecule has 8 heteroatoms. The molecule has 1 amide bonds. The van der Waals surface area contributed by atoms with E-state index in [4.69, 9.17) is 9.15 Å². The number of carbonyl (C=O) groups excluding carboxylic acids is 1. The van der Waals surface area contributed by atoms with Crippen LogP contribution in [0.25, 0.3) is 22.4 Å². The highest BCUT2D eigenvalue weighted by Gasteiger charge is 2.30. The van der Waals surface area contributed by atoms with Gasteiger partial charge in [-0.3, -0.25) is 9.78 Å². The average Bonchev–Trinajstić information content (AvgIpc) is 3.46. The normalized spacial score (nSPS) is 16.6. The maximum Gasteiger partial charge on any atom is 0.270 e. The van der Waals surface area contributed by atoms with Crippen LogP contribution in [0.5, 0.6) is 5.75 Å². The molecule has 8 nitrogen and oxygen atoms in total. The molecular formula is C23H23N5O3. The van der Waals surface area contributed by atoms with Gasteiger partial charge in [-0.05, 0) is 50.1 Å². The number of rotatable bonds is 4. The number of pyridine rings is 1. The minimum atomic E-state index is -0.0366. The standard InChI is InChI=1S/C23H23N5O3/c1-14-8-9-15(12-24-14)21-26-27-22(31-21)16-5-4-10-28(13-16)23(29)19-11-17-18(25-19)6-3-7-20(17)30-2/h3,6-9,11-12,16,25H,4-5,10,13H2,1-2H3. The topological polar surface area (TPSA) is 97.1 Å². The van der Waals surface area contributed by atoms with E-state index in [1.807, 2.05) is 48.2 Å². The first-order chi connectivity index (χ1) is 15.1. The first-order valence-corrected chi connectivity index (χ1v) is 10.3. The second kappa shape index (κ2) is 7.86. The summed E-state index contributed by atoms with van der Waals surface area (Å²) in [4.78, 5) is 22.5. The number of hydrogen-bond acceptors (Lipinski definition) is 6. The Balaban J connectivity index is 1.35. The average molecular weight is 417 g/mol. The Labute approximate surface area is 179 Å². The molecule has 0 saturated carbocycles. The third-order valence-electron chi connectivity index (χ3n) is 5.73. The van der Waals surface area contributed by atoms with Crippen LogP contribution in [0.4, 0.5) is 0 Å². The number of aromatic nitrogens is 4. The molecule has 1 saturated heterocycles. The number of fused-ring (bicyclic) bond motifs is 1. The number of amides is 1. The minimum Gasteiger partial charge on any atom is -0.496 e. The van der Waals surface area contributed by atoms with E-state index >= 15 is 0 Å². The first kappa shape index (κ1) is 19.3. The van der Waals surface area contributed by atoms with Crippen molar-refractivity contribution in [3.8, 4) is 17.2 Å². The Kier molecular flexibility index (Phi) is 4.89. The van der Waals surface area contributed by atoms with Gasteiger partial charge in [-0.15, -0.1) is 10.2 Å². The molecule has 158 valence electrons. The monoisotopic (exact) mass is 417 g/mol. The van der Waals surface area contributed by atoms with Gasteiger partial charge in [-0.1, -0.05) is 6.07 Å². The number of aryl methyl sites for hydroxylation is 1. The van der Waals surface area contributed by atoms with Gasteiger partial charge in [-0.2, -0.15) is 0 Å². The maximum absolute atomic E-state index is 13.2. The number of nitrogens with one attached hydrogen (secondary N) is 1. The van der Waals surface area contributed by atoms with Gasteiger partial charge in [0.25, 0.3) is 5.91 Å². The van der Waals surface area contributed by atoms with Crippen LogP contribution >= 0.6 is 0 Å². The fourth-order valence-electron chi connectivity index (χ4n) is 4.06. The van der Waals surface area contributed by atoms with Crippen LogP contribution in [0.3, 0.4) is 0 Å². The lowest BCUT2D eigenvalue weighted by molar-refractivity contribution is 0.0693. The van der Waals surface area contributed by atoms with Crippen molar-refractivity contribution in [3.05, 3.63) is 59.9 Å². The Bertz CT molecular complexity index is 1230. The van der Waals surface area contributed by atoms with Gasteiger partial charge in [-0.25, -0.2) is 0 Å². The van der Waals surface area contributed by atoms with Crippen molar-refractivity contribution in [2.24, 2.45) is 0 Å². The molecule has 1 N–H and O–H groups in total. The van der Waals surface area contributed by atoms with Crippen molar-refractivity contribution < 1.29 is 13.9 Å². The van der Waals surface area contributed by atoms with Crippen LogP contribution in [0.15, 0.2) is 47.0 Å². The van der Waals surface area contributed by atoms with Gasteiger partial charge < -0.3 is 19.0 Å². The fraction of sp³-hybridized carbons (Fsp3) is 0.304. The molecule has 1 atom stereocenters. The summed E-state index contributed by atoms with van der Waals surface area (Å²) < 4.78 is 11.3. The number of H-pyrrole nitrogens is 1. The molecule has 1 aliphatic rings. The van der Waals surface area contributed by atoms with Gasteiger partial charge in [0.2, 0.25) is 11.8 Å². The van der Waals surface area contributed by atoms with E-state index in [-0.39, 0.29) is 11.8 Å². The second-order valence-corrected chi connectivity index (χ2v) is 7.83. The van der Waals surface area contributed by atoms with Gasteiger partial charge in [0, 0.05) is 35.9 Å². The van der Waals surface area contributed by atoms with E-state index in [1.165, 1.54) is 0 Å². The van der Waals surface area contributed by atoms with Crippen LogP contribution in [0.2, 0.25) is 0 Å². The predicted octanol–water partition coefficient (Wildman–Crippen LogP) is 3.95. The third-order valence-corrected chi connectivity index (χ3v) is 5.73. The Morgan fingerprint density at radius 1 is 1.26 bits per heavy atom. The van der Waals surface area contributed by atoms with E-state index in [2.05, 4.69) is 20.2 Å². The second-order valence-electron chi connectivity index (χ2n) is 7.83. The first-order valence-electron chi connectivity index (χ1n) is 10.3. The zero-order valence-electron chi connectivity index (χ0n) is 17.5. The summed E-state index contributed by atoms with van der Waals surface area (Å²) in [6.45, 7) is 3.17. The van der Waals surface area contributed by atoms with Gasteiger partial charge >= 0.3 is 0 Å². The summed E-state index contributed by atoms with van der Waals surface area (Å²) in [7, 11) is 1.63. The van der Waals surface area contributed by atoms with Crippen LogP contribution in [-0.4, -0.2) is 51.2 Å². The molecule has 5 rings (SSSR count). The quantitative estimate of drug-likeness (QED) is 0.540. The lowest BCUT2D eigenvalue weighted by atomic mass is 9.98. The molecule has 0 bridgehead atoms. The lowest BCUT2D eigenvalue weighted by Gasteiger charge is -2.30. The smallest absolute Gasteiger partial charge is 0.270 e. The largest absolute Gasteiger partial charge is 0.496 e. The van der Waals surface area contributed by atoms with Crippen molar-refractivity contribution in [1.29, 1.82) is 0 Å². The van der Waals surface area contributed by atoms with E-state index in [0.717, 1.165) is 40.8 Å². The van der Waals surface area contributed by atoms with Crippen LogP contribution in [0.1, 0.15) is 40.8 Å². The summed E-state index contributed by atoms with van der Waals surface area (Å²) >= 11 is 0. The zero-order valence-corrected chi connectivity index (χ0v) is 17.5. The van der Waals surface area contributed by atoms with Crippen LogP contribution in [0, 0.1) is 6.92 Å². The molecule has 1 fully saturated rings. The Hall–Kier alpha value is -3.68. The summed E-state index contributed by atoms with van der Waals surface area (Å²) in [6, 6.07) is 11.4. The van der Waals surface area contributed by atoms with E-state index < -0.39 is 0 Å². The minimum absolute atomic E-state index is 0.0104. The SMILES string of the molecule is COc1cccc2[nH]c(C(=O)N3CCCC(c4nnc(-c5ccc(C)nc5)o4)C3)cc12. The van der Waals surface area contributed by atoms with Crippen molar-refractivity contribution in [2.45, 2.75) is 25.7 Å². The number of benzene rings is 1. The zero-order chi connectivity index (χ0) is 21.4. The van der Waals surface area contributed by atoms with Gasteiger partial charge in [0.05, 0.1) is 18.6 Å². The number of methoxy groups -OCH3 is 1. The summed E-state index contributed by atoms with van der Waals surface area (Å²) in [5.41, 5.74) is 3.15. The number of ether oxygens (including phenoxy) is 1. The van der Waals surface area contributed by atoms with Crippen molar-refractivity contribution in [1.82, 2.24) is 25.1 Å². The Morgan fingerprint density at radius 3 is 2.97 bits per heavy atom. The highest BCUT2D eigenvalue weighted by Crippen LogP contribution is 2.30. The molecule has 3 aromatic heterocycles. The highest BCUT2D eigenvalue weighted by molar-refractivity contribution is 5.99. The van der Waals surface area contributed by atoms with Crippen molar-refractivity contribution in [2.75, 3.05) is 20.2 Å². The summed E-state index contributed by atoms with van der Waals surface area (Å²) in [6.07, 6.45) is 3.51. The lowest BCUT2D eigenvalue weighted by Crippen LogP contribution is -2.39. The third kappa shape index (κ3) is 3.65. The summed E-state index contributed by atoms with van der Waals surface area (Å²) in [5.74, 6) is 1.73. The molecule has 0 spiro atoms. The number of hydrogen-bond donors (Lipinski definition) is 1. The molecule has 4 aromatic rings. The molecule has 0 aliphatic carbocycles. The molecule has 1 aromatic carbocycles.